The Kier molecular flexibility index (Phi) is 5.93. The number of amides is 1. The van der Waals surface area contributed by atoms with Gasteiger partial charge in [-0.15, -0.1) is 0 Å². The summed E-state index contributed by atoms with van der Waals surface area (Å²) in [6.45, 7) is 0.828. The number of carbonyl (C=O) groups excluding carboxylic acids is 1. The monoisotopic (exact) mass is 398 g/mol. The molecule has 28 heavy (non-hydrogen) atoms. The zero-order chi connectivity index (χ0) is 19.3. The molecule has 2 aromatic carbocycles. The van der Waals surface area contributed by atoms with Crippen LogP contribution in [0.5, 0.6) is 0 Å². The molecule has 1 aliphatic rings. The minimum atomic E-state index is -0.0249. The second kappa shape index (κ2) is 8.76. The van der Waals surface area contributed by atoms with Crippen LogP contribution in [-0.2, 0) is 22.7 Å². The van der Waals surface area contributed by atoms with Gasteiger partial charge in [0.15, 0.2) is 5.58 Å². The van der Waals surface area contributed by atoms with Crippen molar-refractivity contribution in [3.8, 4) is 0 Å². The second-order valence-corrected chi connectivity index (χ2v) is 7.59. The summed E-state index contributed by atoms with van der Waals surface area (Å²) >= 11 is 6.03. The molecule has 6 heteroatoms. The van der Waals surface area contributed by atoms with E-state index in [2.05, 4.69) is 4.98 Å². The standard InChI is InChI=1S/C22H23ClN2O3/c23-17-10-11-20-19(12-17)24-21(28-20)13-25(18-8-4-5-9-18)22(26)15-27-14-16-6-2-1-3-7-16/h1-3,6-7,10-12,18H,4-5,8-9,13-15H2. The van der Waals surface area contributed by atoms with Crippen molar-refractivity contribution < 1.29 is 13.9 Å². The molecule has 1 saturated carbocycles. The van der Waals surface area contributed by atoms with Gasteiger partial charge < -0.3 is 14.1 Å². The van der Waals surface area contributed by atoms with Crippen molar-refractivity contribution in [2.45, 2.75) is 44.9 Å². The molecule has 0 unspecified atom stereocenters. The van der Waals surface area contributed by atoms with Gasteiger partial charge in [-0.2, -0.15) is 0 Å². The highest BCUT2D eigenvalue weighted by Gasteiger charge is 2.28. The summed E-state index contributed by atoms with van der Waals surface area (Å²) in [4.78, 5) is 19.3. The number of rotatable bonds is 7. The molecule has 4 rings (SSSR count). The van der Waals surface area contributed by atoms with Gasteiger partial charge in [-0.25, -0.2) is 4.98 Å². The van der Waals surface area contributed by atoms with Gasteiger partial charge in [-0.1, -0.05) is 54.8 Å². The topological polar surface area (TPSA) is 55.6 Å². The molecule has 0 saturated heterocycles. The van der Waals surface area contributed by atoms with Gasteiger partial charge >= 0.3 is 0 Å². The molecule has 5 nitrogen and oxygen atoms in total. The summed E-state index contributed by atoms with van der Waals surface area (Å²) in [7, 11) is 0. The smallest absolute Gasteiger partial charge is 0.249 e. The SMILES string of the molecule is O=C(COCc1ccccc1)N(Cc1nc2cc(Cl)ccc2o1)C1CCCC1. The van der Waals surface area contributed by atoms with E-state index >= 15 is 0 Å². The molecule has 1 heterocycles. The van der Waals surface area contributed by atoms with Gasteiger partial charge in [0.25, 0.3) is 0 Å². The van der Waals surface area contributed by atoms with E-state index in [1.165, 1.54) is 0 Å². The predicted octanol–water partition coefficient (Wildman–Crippen LogP) is 4.97. The van der Waals surface area contributed by atoms with E-state index in [0.717, 1.165) is 31.2 Å². The van der Waals surface area contributed by atoms with Crippen molar-refractivity contribution >= 4 is 28.6 Å². The summed E-state index contributed by atoms with van der Waals surface area (Å²) in [5.41, 5.74) is 2.44. The van der Waals surface area contributed by atoms with E-state index in [9.17, 15) is 4.79 Å². The van der Waals surface area contributed by atoms with Gasteiger partial charge in [-0.05, 0) is 36.6 Å². The average molecular weight is 399 g/mol. The number of carbonyl (C=O) groups is 1. The Labute approximate surface area is 169 Å². The Morgan fingerprint density at radius 2 is 1.96 bits per heavy atom. The van der Waals surface area contributed by atoms with Crippen LogP contribution in [0.25, 0.3) is 11.1 Å². The van der Waals surface area contributed by atoms with Gasteiger partial charge in [-0.3, -0.25) is 4.79 Å². The zero-order valence-electron chi connectivity index (χ0n) is 15.6. The molecule has 0 spiro atoms. The number of benzene rings is 2. The number of hydrogen-bond acceptors (Lipinski definition) is 4. The Hall–Kier alpha value is -2.37. The lowest BCUT2D eigenvalue weighted by Gasteiger charge is -2.27. The second-order valence-electron chi connectivity index (χ2n) is 7.16. The molecule has 1 aliphatic carbocycles. The number of oxazole rings is 1. The zero-order valence-corrected chi connectivity index (χ0v) is 16.4. The molecule has 0 N–H and O–H groups in total. The molecule has 1 fully saturated rings. The van der Waals surface area contributed by atoms with Crippen molar-refractivity contribution in [1.29, 1.82) is 0 Å². The maximum absolute atomic E-state index is 12.9. The van der Waals surface area contributed by atoms with Crippen LogP contribution in [0.1, 0.15) is 37.1 Å². The van der Waals surface area contributed by atoms with Crippen LogP contribution in [0.2, 0.25) is 5.02 Å². The summed E-state index contributed by atoms with van der Waals surface area (Å²) in [6.07, 6.45) is 4.30. The first-order chi connectivity index (χ1) is 13.7. The van der Waals surface area contributed by atoms with E-state index < -0.39 is 0 Å². The number of halogens is 1. The Bertz CT molecular complexity index is 935. The van der Waals surface area contributed by atoms with E-state index in [-0.39, 0.29) is 18.6 Å². The normalized spacial score (nSPS) is 14.6. The van der Waals surface area contributed by atoms with E-state index in [1.54, 1.807) is 18.2 Å². The highest BCUT2D eigenvalue weighted by atomic mass is 35.5. The summed E-state index contributed by atoms with van der Waals surface area (Å²) in [5.74, 6) is 0.503. The lowest BCUT2D eigenvalue weighted by Crippen LogP contribution is -2.40. The van der Waals surface area contributed by atoms with Crippen LogP contribution in [0, 0.1) is 0 Å². The molecule has 0 atom stereocenters. The average Bonchev–Trinajstić information content (AvgIpc) is 3.36. The largest absolute Gasteiger partial charge is 0.439 e. The number of ether oxygens (including phenoxy) is 1. The van der Waals surface area contributed by atoms with Crippen molar-refractivity contribution in [3.05, 3.63) is 65.0 Å². The fraction of sp³-hybridized carbons (Fsp3) is 0.364. The Balaban J connectivity index is 1.44. The fourth-order valence-electron chi connectivity index (χ4n) is 3.71. The van der Waals surface area contributed by atoms with Gasteiger partial charge in [0.05, 0.1) is 13.2 Å². The number of nitrogens with zero attached hydrogens (tertiary/aromatic N) is 2. The molecule has 3 aromatic rings. The first-order valence-corrected chi connectivity index (χ1v) is 10.0. The number of fused-ring (bicyclic) bond motifs is 1. The molecule has 0 bridgehead atoms. The minimum absolute atomic E-state index is 0.0249. The third-order valence-electron chi connectivity index (χ3n) is 5.12. The molecule has 1 amide bonds. The predicted molar refractivity (Wildman–Crippen MR) is 108 cm³/mol. The lowest BCUT2D eigenvalue weighted by atomic mass is 10.2. The Morgan fingerprint density at radius 1 is 1.18 bits per heavy atom. The van der Waals surface area contributed by atoms with Crippen molar-refractivity contribution in [2.24, 2.45) is 0 Å². The van der Waals surface area contributed by atoms with Gasteiger partial charge in [0.2, 0.25) is 11.8 Å². The summed E-state index contributed by atoms with van der Waals surface area (Å²) in [6, 6.07) is 15.4. The quantitative estimate of drug-likeness (QED) is 0.563. The minimum Gasteiger partial charge on any atom is -0.439 e. The van der Waals surface area contributed by atoms with Crippen molar-refractivity contribution in [1.82, 2.24) is 9.88 Å². The maximum Gasteiger partial charge on any atom is 0.249 e. The molecular formula is C22H23ClN2O3. The first-order valence-electron chi connectivity index (χ1n) is 9.65. The maximum atomic E-state index is 12.9. The van der Waals surface area contributed by atoms with Gasteiger partial charge in [0, 0.05) is 11.1 Å². The van der Waals surface area contributed by atoms with Crippen LogP contribution >= 0.6 is 11.6 Å². The fourth-order valence-corrected chi connectivity index (χ4v) is 3.88. The first kappa shape index (κ1) is 19.0. The van der Waals surface area contributed by atoms with E-state index in [4.69, 9.17) is 20.8 Å². The molecule has 0 aliphatic heterocycles. The molecular weight excluding hydrogens is 376 g/mol. The van der Waals surface area contributed by atoms with Crippen LogP contribution in [0.4, 0.5) is 0 Å². The Morgan fingerprint density at radius 3 is 2.75 bits per heavy atom. The van der Waals surface area contributed by atoms with Crippen molar-refractivity contribution in [2.75, 3.05) is 6.61 Å². The van der Waals surface area contributed by atoms with Crippen LogP contribution in [-0.4, -0.2) is 28.4 Å². The summed E-state index contributed by atoms with van der Waals surface area (Å²) in [5, 5.41) is 0.616. The highest BCUT2D eigenvalue weighted by molar-refractivity contribution is 6.31. The number of aromatic nitrogens is 1. The van der Waals surface area contributed by atoms with E-state index in [0.29, 0.717) is 35.2 Å². The number of hydrogen-bond donors (Lipinski definition) is 0. The van der Waals surface area contributed by atoms with Crippen LogP contribution in [0.15, 0.2) is 52.9 Å². The van der Waals surface area contributed by atoms with Crippen molar-refractivity contribution in [3.63, 3.8) is 0 Å². The molecule has 0 radical (unpaired) electrons. The van der Waals surface area contributed by atoms with Gasteiger partial charge in [0.1, 0.15) is 12.1 Å². The summed E-state index contributed by atoms with van der Waals surface area (Å²) < 4.78 is 11.5. The molecule has 1 aromatic heterocycles. The highest BCUT2D eigenvalue weighted by Crippen LogP contribution is 2.26. The third kappa shape index (κ3) is 4.54. The van der Waals surface area contributed by atoms with Crippen LogP contribution in [0.3, 0.4) is 0 Å². The van der Waals surface area contributed by atoms with Crippen LogP contribution < -0.4 is 0 Å². The lowest BCUT2D eigenvalue weighted by molar-refractivity contribution is -0.140. The van der Waals surface area contributed by atoms with E-state index in [1.807, 2.05) is 35.2 Å². The third-order valence-corrected chi connectivity index (χ3v) is 5.36. The molecule has 146 valence electrons.